The van der Waals surface area contributed by atoms with Crippen LogP contribution in [0.4, 0.5) is 13.2 Å². The van der Waals surface area contributed by atoms with Crippen LogP contribution in [0.5, 0.6) is 0 Å². The van der Waals surface area contributed by atoms with Gasteiger partial charge in [-0.15, -0.1) is 0 Å². The third-order valence-electron chi connectivity index (χ3n) is 3.78. The minimum Gasteiger partial charge on any atom is -0.396 e. The lowest BCUT2D eigenvalue weighted by molar-refractivity contribution is -0.137. The van der Waals surface area contributed by atoms with Gasteiger partial charge >= 0.3 is 6.18 Å². The van der Waals surface area contributed by atoms with Crippen molar-refractivity contribution in [1.82, 2.24) is 9.78 Å². The number of aromatic nitrogens is 2. The van der Waals surface area contributed by atoms with E-state index in [1.807, 2.05) is 0 Å². The molecule has 1 heterocycles. The topological polar surface area (TPSA) is 47.3 Å². The lowest BCUT2D eigenvalue weighted by atomic mass is 10.0. The SMILES string of the molecule is C[Si](C)(C)CCOCn1nc2c(CCO)cc(C(F)(F)F)cc2c1Br. The van der Waals surface area contributed by atoms with E-state index in [9.17, 15) is 13.2 Å². The zero-order chi connectivity index (χ0) is 18.8. The van der Waals surface area contributed by atoms with Crippen molar-refractivity contribution in [2.75, 3.05) is 13.2 Å². The normalized spacial score (nSPS) is 13.0. The molecule has 1 aromatic heterocycles. The van der Waals surface area contributed by atoms with Gasteiger partial charge < -0.3 is 9.84 Å². The van der Waals surface area contributed by atoms with Crippen molar-refractivity contribution in [2.24, 2.45) is 0 Å². The van der Waals surface area contributed by atoms with Crippen LogP contribution in [0, 0.1) is 0 Å². The molecule has 2 aromatic rings. The number of fused-ring (bicyclic) bond motifs is 1. The molecule has 0 atom stereocenters. The molecule has 0 saturated carbocycles. The number of benzene rings is 1. The molecule has 0 saturated heterocycles. The largest absolute Gasteiger partial charge is 0.416 e. The second-order valence-electron chi connectivity index (χ2n) is 7.14. The quantitative estimate of drug-likeness (QED) is 0.504. The summed E-state index contributed by atoms with van der Waals surface area (Å²) in [6.45, 7) is 7.25. The maximum Gasteiger partial charge on any atom is 0.416 e. The second-order valence-corrected chi connectivity index (χ2v) is 13.5. The maximum atomic E-state index is 13.1. The molecule has 4 nitrogen and oxygen atoms in total. The lowest BCUT2D eigenvalue weighted by Crippen LogP contribution is -2.22. The molecule has 1 N–H and O–H groups in total. The highest BCUT2D eigenvalue weighted by molar-refractivity contribution is 9.10. The highest BCUT2D eigenvalue weighted by Gasteiger charge is 2.32. The van der Waals surface area contributed by atoms with Gasteiger partial charge in [0.1, 0.15) is 11.3 Å². The Morgan fingerprint density at radius 1 is 1.28 bits per heavy atom. The molecule has 0 radical (unpaired) electrons. The Bertz CT molecular complexity index is 742. The van der Waals surface area contributed by atoms with Gasteiger partial charge in [-0.25, -0.2) is 4.68 Å². The van der Waals surface area contributed by atoms with Crippen LogP contribution in [-0.2, 0) is 24.1 Å². The molecule has 0 aliphatic rings. The van der Waals surface area contributed by atoms with E-state index >= 15 is 0 Å². The Hall–Kier alpha value is -0.903. The Balaban J connectivity index is 2.31. The number of hydrogen-bond acceptors (Lipinski definition) is 3. The molecule has 0 amide bonds. The molecule has 1 aromatic carbocycles. The van der Waals surface area contributed by atoms with Crippen LogP contribution in [0.3, 0.4) is 0 Å². The van der Waals surface area contributed by atoms with Gasteiger partial charge in [-0.2, -0.15) is 18.3 Å². The van der Waals surface area contributed by atoms with Crippen molar-refractivity contribution in [3.63, 3.8) is 0 Å². The number of halogens is 4. The number of hydrogen-bond donors (Lipinski definition) is 1. The van der Waals surface area contributed by atoms with Crippen LogP contribution in [0.25, 0.3) is 10.9 Å². The summed E-state index contributed by atoms with van der Waals surface area (Å²) in [5.41, 5.74) is 0.0694. The van der Waals surface area contributed by atoms with E-state index in [-0.39, 0.29) is 19.8 Å². The summed E-state index contributed by atoms with van der Waals surface area (Å²) in [4.78, 5) is 0. The molecule has 0 spiro atoms. The number of aliphatic hydroxyl groups is 1. The molecule has 9 heteroatoms. The number of rotatable bonds is 7. The first-order valence-electron chi connectivity index (χ1n) is 7.97. The first kappa shape index (κ1) is 20.4. The number of ether oxygens (including phenoxy) is 1. The molecule has 140 valence electrons. The fourth-order valence-electron chi connectivity index (χ4n) is 2.36. The van der Waals surface area contributed by atoms with E-state index in [1.165, 1.54) is 4.68 Å². The highest BCUT2D eigenvalue weighted by atomic mass is 79.9. The molecule has 0 aliphatic heterocycles. The van der Waals surface area contributed by atoms with E-state index in [4.69, 9.17) is 9.84 Å². The highest BCUT2D eigenvalue weighted by Crippen LogP contribution is 2.35. The van der Waals surface area contributed by atoms with E-state index in [0.29, 0.717) is 27.7 Å². The molecular formula is C16H22BrF3N2O2Si. The maximum absolute atomic E-state index is 13.1. The predicted molar refractivity (Wildman–Crippen MR) is 97.3 cm³/mol. The third-order valence-corrected chi connectivity index (χ3v) is 6.32. The molecular weight excluding hydrogens is 417 g/mol. The van der Waals surface area contributed by atoms with Gasteiger partial charge in [0.25, 0.3) is 0 Å². The molecule has 0 aliphatic carbocycles. The summed E-state index contributed by atoms with van der Waals surface area (Å²) in [5, 5.41) is 13.9. The van der Waals surface area contributed by atoms with Crippen LogP contribution >= 0.6 is 15.9 Å². The average Bonchev–Trinajstić information content (AvgIpc) is 2.79. The molecule has 0 fully saturated rings. The average molecular weight is 439 g/mol. The molecule has 0 unspecified atom stereocenters. The van der Waals surface area contributed by atoms with E-state index < -0.39 is 19.8 Å². The van der Waals surface area contributed by atoms with Crippen molar-refractivity contribution in [2.45, 2.75) is 45.0 Å². The monoisotopic (exact) mass is 438 g/mol. The van der Waals surface area contributed by atoms with Crippen LogP contribution in [-0.4, -0.2) is 36.2 Å². The Labute approximate surface area is 154 Å². The summed E-state index contributed by atoms with van der Waals surface area (Å²) >= 11 is 3.33. The van der Waals surface area contributed by atoms with Crippen molar-refractivity contribution in [3.05, 3.63) is 27.9 Å². The van der Waals surface area contributed by atoms with E-state index in [2.05, 4.69) is 40.7 Å². The van der Waals surface area contributed by atoms with Gasteiger partial charge in [0, 0.05) is 26.7 Å². The minimum atomic E-state index is -4.45. The number of aliphatic hydroxyl groups excluding tert-OH is 1. The van der Waals surface area contributed by atoms with Crippen LogP contribution in [0.15, 0.2) is 16.7 Å². The fraction of sp³-hybridized carbons (Fsp3) is 0.562. The summed E-state index contributed by atoms with van der Waals surface area (Å²) < 4.78 is 46.9. The predicted octanol–water partition coefficient (Wildman–Crippen LogP) is 4.66. The molecule has 2 rings (SSSR count). The number of alkyl halides is 3. The van der Waals surface area contributed by atoms with Gasteiger partial charge in [0.2, 0.25) is 0 Å². The minimum absolute atomic E-state index is 0.111. The Morgan fingerprint density at radius 3 is 2.52 bits per heavy atom. The second kappa shape index (κ2) is 7.77. The van der Waals surface area contributed by atoms with Gasteiger partial charge in [-0.3, -0.25) is 0 Å². The Kier molecular flexibility index (Phi) is 6.34. The third kappa shape index (κ3) is 5.29. The summed E-state index contributed by atoms with van der Waals surface area (Å²) in [7, 11) is -1.21. The van der Waals surface area contributed by atoms with Gasteiger partial charge in [-0.05, 0) is 46.1 Å². The molecule has 25 heavy (non-hydrogen) atoms. The van der Waals surface area contributed by atoms with Crippen molar-refractivity contribution < 1.29 is 23.0 Å². The zero-order valence-electron chi connectivity index (χ0n) is 14.5. The zero-order valence-corrected chi connectivity index (χ0v) is 17.0. The first-order chi connectivity index (χ1) is 11.5. The number of nitrogens with zero attached hydrogens (tertiary/aromatic N) is 2. The van der Waals surface area contributed by atoms with Gasteiger partial charge in [0.15, 0.2) is 0 Å². The Morgan fingerprint density at radius 2 is 1.96 bits per heavy atom. The first-order valence-corrected chi connectivity index (χ1v) is 12.5. The van der Waals surface area contributed by atoms with E-state index in [1.54, 1.807) is 0 Å². The van der Waals surface area contributed by atoms with E-state index in [0.717, 1.165) is 18.2 Å². The van der Waals surface area contributed by atoms with Crippen LogP contribution in [0.2, 0.25) is 25.7 Å². The summed E-state index contributed by atoms with van der Waals surface area (Å²) in [6, 6.07) is 3.12. The van der Waals surface area contributed by atoms with Crippen molar-refractivity contribution in [3.8, 4) is 0 Å². The van der Waals surface area contributed by atoms with Crippen LogP contribution in [0.1, 0.15) is 11.1 Å². The molecule has 0 bridgehead atoms. The van der Waals surface area contributed by atoms with Crippen molar-refractivity contribution in [1.29, 1.82) is 0 Å². The summed E-state index contributed by atoms with van der Waals surface area (Å²) in [6.07, 6.45) is -4.34. The lowest BCUT2D eigenvalue weighted by Gasteiger charge is -2.15. The van der Waals surface area contributed by atoms with Gasteiger partial charge in [-0.1, -0.05) is 19.6 Å². The standard InChI is InChI=1S/C16H22BrF3N2O2Si/c1-25(2,3)7-6-24-10-22-15(17)13-9-12(16(18,19)20)8-11(4-5-23)14(13)21-22/h8-9,23H,4-7,10H2,1-3H3. The van der Waals surface area contributed by atoms with Crippen LogP contribution < -0.4 is 0 Å². The van der Waals surface area contributed by atoms with Crippen molar-refractivity contribution >= 4 is 34.9 Å². The summed E-state index contributed by atoms with van der Waals surface area (Å²) in [5.74, 6) is 0. The smallest absolute Gasteiger partial charge is 0.396 e. The fourth-order valence-corrected chi connectivity index (χ4v) is 3.60. The van der Waals surface area contributed by atoms with Gasteiger partial charge in [0.05, 0.1) is 11.1 Å².